The normalized spacial score (nSPS) is 12.3. The molecular weight excluding hydrogens is 214 g/mol. The molecule has 0 saturated carbocycles. The van der Waals surface area contributed by atoms with Gasteiger partial charge in [0.05, 0.1) is 28.9 Å². The van der Waals surface area contributed by atoms with Crippen molar-refractivity contribution in [3.63, 3.8) is 0 Å². The van der Waals surface area contributed by atoms with E-state index in [-0.39, 0.29) is 11.0 Å². The van der Waals surface area contributed by atoms with Crippen LogP contribution >= 0.6 is 0 Å². The molecule has 0 radical (unpaired) electrons. The van der Waals surface area contributed by atoms with E-state index in [0.717, 1.165) is 5.69 Å². The Kier molecular flexibility index (Phi) is 3.38. The van der Waals surface area contributed by atoms with Crippen LogP contribution in [-0.2, 0) is 16.4 Å². The van der Waals surface area contributed by atoms with Crippen molar-refractivity contribution < 1.29 is 8.42 Å². The Balaban J connectivity index is 2.66. The highest BCUT2D eigenvalue weighted by Crippen LogP contribution is 2.08. The van der Waals surface area contributed by atoms with Crippen LogP contribution in [-0.4, -0.2) is 29.2 Å². The maximum atomic E-state index is 11.5. The summed E-state index contributed by atoms with van der Waals surface area (Å²) in [5.41, 5.74) is 6.93. The van der Waals surface area contributed by atoms with Crippen LogP contribution in [0.15, 0.2) is 6.20 Å². The lowest BCUT2D eigenvalue weighted by atomic mass is 10.4. The fourth-order valence-corrected chi connectivity index (χ4v) is 2.02. The van der Waals surface area contributed by atoms with Crippen molar-refractivity contribution in [2.75, 3.05) is 11.5 Å². The quantitative estimate of drug-likeness (QED) is 0.823. The first-order chi connectivity index (χ1) is 6.83. The molecule has 1 heterocycles. The van der Waals surface area contributed by atoms with Crippen molar-refractivity contribution in [2.45, 2.75) is 32.6 Å². The number of nitrogens with two attached hydrogens (primary N) is 1. The largest absolute Gasteiger partial charge is 0.396 e. The molecule has 5 nitrogen and oxygen atoms in total. The molecule has 0 fully saturated rings. The van der Waals surface area contributed by atoms with E-state index in [0.29, 0.717) is 12.2 Å². The van der Waals surface area contributed by atoms with E-state index in [4.69, 9.17) is 5.73 Å². The van der Waals surface area contributed by atoms with Gasteiger partial charge in [0.2, 0.25) is 0 Å². The summed E-state index contributed by atoms with van der Waals surface area (Å²) >= 11 is 0. The fourth-order valence-electron chi connectivity index (χ4n) is 1.10. The van der Waals surface area contributed by atoms with Gasteiger partial charge < -0.3 is 5.73 Å². The van der Waals surface area contributed by atoms with Gasteiger partial charge in [0.25, 0.3) is 0 Å². The maximum absolute atomic E-state index is 11.5. The molecule has 0 aliphatic heterocycles. The van der Waals surface area contributed by atoms with Gasteiger partial charge >= 0.3 is 0 Å². The summed E-state index contributed by atoms with van der Waals surface area (Å²) in [6.07, 6.45) is 1.66. The van der Waals surface area contributed by atoms with Gasteiger partial charge in [0.1, 0.15) is 0 Å². The molecule has 0 saturated heterocycles. The maximum Gasteiger partial charge on any atom is 0.154 e. The minimum absolute atomic E-state index is 0.102. The van der Waals surface area contributed by atoms with E-state index < -0.39 is 9.84 Å². The number of hydrogen-bond donors (Lipinski definition) is 1. The molecule has 2 N–H and O–H groups in total. The smallest absolute Gasteiger partial charge is 0.154 e. The van der Waals surface area contributed by atoms with Gasteiger partial charge in [0.15, 0.2) is 9.84 Å². The number of nitrogen functional groups attached to an aromatic ring is 1. The topological polar surface area (TPSA) is 78.0 Å². The Morgan fingerprint density at radius 1 is 1.53 bits per heavy atom. The Labute approximate surface area is 90.2 Å². The molecule has 0 atom stereocenters. The number of aryl methyl sites for hydroxylation is 2. The lowest BCUT2D eigenvalue weighted by Crippen LogP contribution is -2.21. The van der Waals surface area contributed by atoms with Crippen molar-refractivity contribution in [1.82, 2.24) is 9.78 Å². The average molecular weight is 231 g/mol. The zero-order valence-electron chi connectivity index (χ0n) is 9.27. The van der Waals surface area contributed by atoms with E-state index in [1.165, 1.54) is 0 Å². The van der Waals surface area contributed by atoms with Crippen LogP contribution in [0.4, 0.5) is 5.69 Å². The molecule has 0 aliphatic carbocycles. The van der Waals surface area contributed by atoms with Crippen LogP contribution in [0.5, 0.6) is 0 Å². The van der Waals surface area contributed by atoms with Gasteiger partial charge in [-0.3, -0.25) is 4.68 Å². The monoisotopic (exact) mass is 231 g/mol. The molecule has 1 aromatic heterocycles. The third-order valence-electron chi connectivity index (χ3n) is 2.31. The summed E-state index contributed by atoms with van der Waals surface area (Å²) in [4.78, 5) is 0. The number of anilines is 1. The van der Waals surface area contributed by atoms with E-state index in [1.54, 1.807) is 31.6 Å². The molecule has 1 aromatic rings. The van der Waals surface area contributed by atoms with E-state index in [2.05, 4.69) is 5.10 Å². The molecule has 0 unspecified atom stereocenters. The third kappa shape index (κ3) is 2.95. The average Bonchev–Trinajstić information content (AvgIpc) is 2.43. The van der Waals surface area contributed by atoms with Crippen molar-refractivity contribution in [3.05, 3.63) is 11.9 Å². The van der Waals surface area contributed by atoms with Crippen molar-refractivity contribution in [1.29, 1.82) is 0 Å². The van der Waals surface area contributed by atoms with Gasteiger partial charge in [-0.25, -0.2) is 8.42 Å². The van der Waals surface area contributed by atoms with Gasteiger partial charge in [-0.05, 0) is 20.8 Å². The first-order valence-corrected chi connectivity index (χ1v) is 6.55. The van der Waals surface area contributed by atoms with Crippen LogP contribution in [0.3, 0.4) is 0 Å². The predicted octanol–water partition coefficient (Wildman–Crippen LogP) is 0.597. The van der Waals surface area contributed by atoms with Crippen molar-refractivity contribution in [3.8, 4) is 0 Å². The number of rotatable bonds is 4. The summed E-state index contributed by atoms with van der Waals surface area (Å²) in [6.45, 7) is 5.51. The Bertz CT molecular complexity index is 415. The second-order valence-electron chi connectivity index (χ2n) is 3.85. The zero-order chi connectivity index (χ0) is 11.6. The number of sulfone groups is 1. The molecule has 0 bridgehead atoms. The first-order valence-electron chi connectivity index (χ1n) is 4.84. The van der Waals surface area contributed by atoms with Crippen LogP contribution in [0.25, 0.3) is 0 Å². The van der Waals surface area contributed by atoms with E-state index in [1.807, 2.05) is 0 Å². The molecule has 0 aliphatic rings. The van der Waals surface area contributed by atoms with Gasteiger partial charge in [-0.2, -0.15) is 5.10 Å². The SMILES string of the molecule is Cc1nn(CCS(=O)(=O)C(C)C)cc1N. The summed E-state index contributed by atoms with van der Waals surface area (Å²) in [6, 6.07) is 0. The molecule has 6 heteroatoms. The summed E-state index contributed by atoms with van der Waals surface area (Å²) in [5.74, 6) is 0.102. The molecule has 1 rings (SSSR count). The molecule has 86 valence electrons. The lowest BCUT2D eigenvalue weighted by molar-refractivity contribution is 0.572. The number of nitrogens with zero attached hydrogens (tertiary/aromatic N) is 2. The Morgan fingerprint density at radius 3 is 2.53 bits per heavy atom. The predicted molar refractivity (Wildman–Crippen MR) is 60.3 cm³/mol. The first kappa shape index (κ1) is 12.0. The van der Waals surface area contributed by atoms with Crippen LogP contribution < -0.4 is 5.73 Å². The van der Waals surface area contributed by atoms with E-state index >= 15 is 0 Å². The lowest BCUT2D eigenvalue weighted by Gasteiger charge is -2.07. The van der Waals surface area contributed by atoms with Gasteiger partial charge in [-0.1, -0.05) is 0 Å². The highest BCUT2D eigenvalue weighted by Gasteiger charge is 2.16. The number of aromatic nitrogens is 2. The second kappa shape index (κ2) is 4.22. The number of hydrogen-bond acceptors (Lipinski definition) is 4. The minimum atomic E-state index is -3.00. The van der Waals surface area contributed by atoms with Crippen LogP contribution in [0.2, 0.25) is 0 Å². The van der Waals surface area contributed by atoms with Crippen LogP contribution in [0, 0.1) is 6.92 Å². The third-order valence-corrected chi connectivity index (χ3v) is 4.50. The standard InChI is InChI=1S/C9H17N3O2S/c1-7(2)15(13,14)5-4-12-6-9(10)8(3)11-12/h6-7H,4-5,10H2,1-3H3. The fraction of sp³-hybridized carbons (Fsp3) is 0.667. The van der Waals surface area contributed by atoms with Gasteiger partial charge in [0, 0.05) is 6.20 Å². The summed E-state index contributed by atoms with van der Waals surface area (Å²) in [7, 11) is -3.00. The summed E-state index contributed by atoms with van der Waals surface area (Å²) in [5, 5.41) is 3.76. The molecular formula is C9H17N3O2S. The minimum Gasteiger partial charge on any atom is -0.396 e. The van der Waals surface area contributed by atoms with E-state index in [9.17, 15) is 8.42 Å². The molecule has 0 amide bonds. The van der Waals surface area contributed by atoms with Crippen molar-refractivity contribution >= 4 is 15.5 Å². The Hall–Kier alpha value is -1.04. The van der Waals surface area contributed by atoms with Gasteiger partial charge in [-0.15, -0.1) is 0 Å². The molecule has 0 aromatic carbocycles. The highest BCUT2D eigenvalue weighted by atomic mass is 32.2. The summed E-state index contributed by atoms with van der Waals surface area (Å²) < 4.78 is 24.6. The molecule has 15 heavy (non-hydrogen) atoms. The Morgan fingerprint density at radius 2 is 2.13 bits per heavy atom. The molecule has 0 spiro atoms. The highest BCUT2D eigenvalue weighted by molar-refractivity contribution is 7.91. The second-order valence-corrected chi connectivity index (χ2v) is 6.53. The van der Waals surface area contributed by atoms with Crippen molar-refractivity contribution in [2.24, 2.45) is 0 Å². The van der Waals surface area contributed by atoms with Crippen LogP contribution in [0.1, 0.15) is 19.5 Å². The zero-order valence-corrected chi connectivity index (χ0v) is 10.1.